The number of esters is 1. The number of carbonyl (C=O) groups is 1. The highest BCUT2D eigenvalue weighted by Gasteiger charge is 2.35. The molecule has 0 aromatic heterocycles. The number of rotatable bonds is 10. The predicted molar refractivity (Wildman–Crippen MR) is 137 cm³/mol. The van der Waals surface area contributed by atoms with Gasteiger partial charge in [0, 0.05) is 0 Å². The molecule has 8 heteroatoms. The molecule has 2 atom stereocenters. The minimum atomic E-state index is -4.29. The fourth-order valence-corrected chi connectivity index (χ4v) is 4.84. The van der Waals surface area contributed by atoms with Gasteiger partial charge in [-0.25, -0.2) is 0 Å². The van der Waals surface area contributed by atoms with Gasteiger partial charge in [-0.05, 0) is 92.5 Å². The molecule has 7 nitrogen and oxygen atoms in total. The molecule has 0 aliphatic rings. The van der Waals surface area contributed by atoms with Crippen LogP contribution in [0.5, 0.6) is 17.2 Å². The van der Waals surface area contributed by atoms with E-state index < -0.39 is 15.5 Å². The summed E-state index contributed by atoms with van der Waals surface area (Å²) in [5, 5.41) is 20.0. The number of phenols is 2. The standard InChI is InChI=1S/C28H32O7S/c1-4-19(20-10-13-24(14-11-20)36(32,33)34)16-22(21-12-15-25(29)26(30)17-21)18-28(2,3)27(31)35-23-8-6-5-7-9-23/h5-15,17,19,22,29-30H,4,16,18H2,1-3H3,(H,32,33,34). The molecule has 192 valence electrons. The maximum absolute atomic E-state index is 13.1. The number of para-hydroxylation sites is 1. The molecule has 0 amide bonds. The lowest BCUT2D eigenvalue weighted by Gasteiger charge is -2.31. The summed E-state index contributed by atoms with van der Waals surface area (Å²) in [5.41, 5.74) is 0.780. The summed E-state index contributed by atoms with van der Waals surface area (Å²) >= 11 is 0. The van der Waals surface area contributed by atoms with Crippen molar-refractivity contribution in [3.63, 3.8) is 0 Å². The molecule has 2 unspecified atom stereocenters. The Kier molecular flexibility index (Phi) is 8.43. The molecule has 3 N–H and O–H groups in total. The first-order valence-electron chi connectivity index (χ1n) is 11.8. The van der Waals surface area contributed by atoms with Gasteiger partial charge in [-0.3, -0.25) is 9.35 Å². The second-order valence-electron chi connectivity index (χ2n) is 9.62. The van der Waals surface area contributed by atoms with Crippen LogP contribution in [0.1, 0.15) is 63.0 Å². The molecular formula is C28H32O7S. The Bertz CT molecular complexity index is 1280. The van der Waals surface area contributed by atoms with Gasteiger partial charge in [0.15, 0.2) is 11.5 Å². The van der Waals surface area contributed by atoms with Crippen LogP contribution >= 0.6 is 0 Å². The van der Waals surface area contributed by atoms with E-state index in [1.165, 1.54) is 24.3 Å². The van der Waals surface area contributed by atoms with Gasteiger partial charge in [0.05, 0.1) is 10.3 Å². The van der Waals surface area contributed by atoms with Crippen LogP contribution in [0, 0.1) is 5.41 Å². The summed E-state index contributed by atoms with van der Waals surface area (Å²) in [6.45, 7) is 5.64. The summed E-state index contributed by atoms with van der Waals surface area (Å²) in [6, 6.07) is 19.6. The van der Waals surface area contributed by atoms with E-state index in [1.54, 1.807) is 42.5 Å². The second kappa shape index (κ2) is 11.1. The molecule has 0 spiro atoms. The van der Waals surface area contributed by atoms with E-state index in [4.69, 9.17) is 4.74 Å². The van der Waals surface area contributed by atoms with Gasteiger partial charge in [-0.1, -0.05) is 43.3 Å². The van der Waals surface area contributed by atoms with Crippen LogP contribution in [-0.4, -0.2) is 29.2 Å². The Labute approximate surface area is 212 Å². The van der Waals surface area contributed by atoms with Crippen molar-refractivity contribution in [2.75, 3.05) is 0 Å². The molecule has 0 radical (unpaired) electrons. The Balaban J connectivity index is 1.90. The van der Waals surface area contributed by atoms with Crippen molar-refractivity contribution in [3.8, 4) is 17.2 Å². The summed E-state index contributed by atoms with van der Waals surface area (Å²) < 4.78 is 37.7. The number of benzene rings is 3. The van der Waals surface area contributed by atoms with E-state index in [2.05, 4.69) is 0 Å². The summed E-state index contributed by atoms with van der Waals surface area (Å²) in [4.78, 5) is 12.9. The fourth-order valence-electron chi connectivity index (χ4n) is 4.36. The first-order valence-corrected chi connectivity index (χ1v) is 13.2. The highest BCUT2D eigenvalue weighted by molar-refractivity contribution is 7.85. The molecule has 0 bridgehead atoms. The summed E-state index contributed by atoms with van der Waals surface area (Å²) in [7, 11) is -4.29. The number of carbonyl (C=O) groups excluding carboxylic acids is 1. The Morgan fingerprint density at radius 3 is 2.06 bits per heavy atom. The highest BCUT2D eigenvalue weighted by Crippen LogP contribution is 2.42. The molecule has 0 saturated heterocycles. The van der Waals surface area contributed by atoms with Gasteiger partial charge >= 0.3 is 5.97 Å². The SMILES string of the molecule is CCC(CC(CC(C)(C)C(=O)Oc1ccccc1)c1ccc(O)c(O)c1)c1ccc(S(=O)(=O)O)cc1. The number of hydrogen-bond donors (Lipinski definition) is 3. The van der Waals surface area contributed by atoms with E-state index in [0.717, 1.165) is 17.5 Å². The number of aromatic hydroxyl groups is 2. The van der Waals surface area contributed by atoms with E-state index in [0.29, 0.717) is 18.6 Å². The number of ether oxygens (including phenoxy) is 1. The van der Waals surface area contributed by atoms with Crippen molar-refractivity contribution in [1.82, 2.24) is 0 Å². The zero-order valence-electron chi connectivity index (χ0n) is 20.6. The van der Waals surface area contributed by atoms with Gasteiger partial charge < -0.3 is 14.9 Å². The molecule has 0 aliphatic heterocycles. The quantitative estimate of drug-likeness (QED) is 0.131. The second-order valence-corrected chi connectivity index (χ2v) is 11.0. The number of phenolic OH excluding ortho intramolecular Hbond substituents is 2. The molecule has 36 heavy (non-hydrogen) atoms. The zero-order chi connectivity index (χ0) is 26.5. The topological polar surface area (TPSA) is 121 Å². The molecule has 0 fully saturated rings. The molecule has 0 heterocycles. The Morgan fingerprint density at radius 2 is 1.50 bits per heavy atom. The van der Waals surface area contributed by atoms with Crippen molar-refractivity contribution >= 4 is 16.1 Å². The molecular weight excluding hydrogens is 480 g/mol. The van der Waals surface area contributed by atoms with Crippen LogP contribution in [0.25, 0.3) is 0 Å². The summed E-state index contributed by atoms with van der Waals surface area (Å²) in [5.74, 6) is -0.587. The van der Waals surface area contributed by atoms with Crippen LogP contribution in [-0.2, 0) is 14.9 Å². The third-order valence-electron chi connectivity index (χ3n) is 6.45. The van der Waals surface area contributed by atoms with Crippen LogP contribution < -0.4 is 4.74 Å². The maximum Gasteiger partial charge on any atom is 0.316 e. The molecule has 3 aromatic rings. The minimum Gasteiger partial charge on any atom is -0.504 e. The van der Waals surface area contributed by atoms with E-state index in [9.17, 15) is 28.0 Å². The average Bonchev–Trinajstić information content (AvgIpc) is 2.83. The third-order valence-corrected chi connectivity index (χ3v) is 7.31. The van der Waals surface area contributed by atoms with Crippen molar-refractivity contribution in [3.05, 3.63) is 83.9 Å². The Morgan fingerprint density at radius 1 is 0.889 bits per heavy atom. The van der Waals surface area contributed by atoms with Gasteiger partial charge in [0.25, 0.3) is 10.1 Å². The van der Waals surface area contributed by atoms with Crippen LogP contribution in [0.2, 0.25) is 0 Å². The first kappa shape index (κ1) is 27.2. The largest absolute Gasteiger partial charge is 0.504 e. The molecule has 0 saturated carbocycles. The van der Waals surface area contributed by atoms with Gasteiger partial charge in [0.2, 0.25) is 0 Å². The molecule has 0 aliphatic carbocycles. The van der Waals surface area contributed by atoms with Crippen LogP contribution in [0.3, 0.4) is 0 Å². The first-order chi connectivity index (χ1) is 16.9. The maximum atomic E-state index is 13.1. The zero-order valence-corrected chi connectivity index (χ0v) is 21.4. The fraction of sp³-hybridized carbons (Fsp3) is 0.321. The van der Waals surface area contributed by atoms with E-state index in [1.807, 2.05) is 26.8 Å². The van der Waals surface area contributed by atoms with Crippen molar-refractivity contribution in [1.29, 1.82) is 0 Å². The van der Waals surface area contributed by atoms with Crippen molar-refractivity contribution in [2.45, 2.75) is 56.8 Å². The van der Waals surface area contributed by atoms with E-state index >= 15 is 0 Å². The van der Waals surface area contributed by atoms with Gasteiger partial charge in [-0.2, -0.15) is 8.42 Å². The lowest BCUT2D eigenvalue weighted by Crippen LogP contribution is -2.31. The Hall–Kier alpha value is -3.36. The molecule has 3 rings (SSSR count). The lowest BCUT2D eigenvalue weighted by molar-refractivity contribution is -0.144. The lowest BCUT2D eigenvalue weighted by atomic mass is 9.74. The van der Waals surface area contributed by atoms with Crippen LogP contribution in [0.15, 0.2) is 77.7 Å². The predicted octanol–water partition coefficient (Wildman–Crippen LogP) is 6.03. The summed E-state index contributed by atoms with van der Waals surface area (Å²) in [6.07, 6.45) is 1.73. The van der Waals surface area contributed by atoms with Gasteiger partial charge in [0.1, 0.15) is 5.75 Å². The average molecular weight is 513 g/mol. The smallest absolute Gasteiger partial charge is 0.316 e. The van der Waals surface area contributed by atoms with Crippen molar-refractivity contribution in [2.24, 2.45) is 5.41 Å². The number of hydrogen-bond acceptors (Lipinski definition) is 6. The van der Waals surface area contributed by atoms with E-state index in [-0.39, 0.29) is 34.2 Å². The molecule has 3 aromatic carbocycles. The highest BCUT2D eigenvalue weighted by atomic mass is 32.2. The monoisotopic (exact) mass is 512 g/mol. The van der Waals surface area contributed by atoms with Crippen molar-refractivity contribution < 1.29 is 32.7 Å². The minimum absolute atomic E-state index is 0.00216. The normalized spacial score (nSPS) is 13.7. The third kappa shape index (κ3) is 6.86. The van der Waals surface area contributed by atoms with Gasteiger partial charge in [-0.15, -0.1) is 0 Å². The van der Waals surface area contributed by atoms with Crippen LogP contribution in [0.4, 0.5) is 0 Å².